The quantitative estimate of drug-likeness (QED) is 0.455. The number of aryl methyl sites for hydroxylation is 1. The van der Waals surface area contributed by atoms with Crippen molar-refractivity contribution in [2.24, 2.45) is 0 Å². The first-order chi connectivity index (χ1) is 16.2. The molecule has 8 nitrogen and oxygen atoms in total. The van der Waals surface area contributed by atoms with Crippen LogP contribution in [0.3, 0.4) is 0 Å². The monoisotopic (exact) mass is 476 g/mol. The number of hydrogen-bond donors (Lipinski definition) is 2. The molecule has 3 aromatic rings. The van der Waals surface area contributed by atoms with Crippen molar-refractivity contribution in [2.75, 3.05) is 29.9 Å². The second kappa shape index (κ2) is 9.64. The lowest BCUT2D eigenvalue weighted by molar-refractivity contribution is -0.274. The van der Waals surface area contributed by atoms with E-state index in [1.807, 2.05) is 32.0 Å². The van der Waals surface area contributed by atoms with Crippen molar-refractivity contribution < 1.29 is 31.9 Å². The normalized spacial score (nSPS) is 13.8. The Morgan fingerprint density at radius 1 is 1.24 bits per heavy atom. The minimum atomic E-state index is -4.89. The molecular weight excluding hydrogens is 453 g/mol. The fourth-order valence-electron chi connectivity index (χ4n) is 3.49. The Labute approximate surface area is 193 Å². The van der Waals surface area contributed by atoms with Crippen LogP contribution in [0.5, 0.6) is 5.75 Å². The summed E-state index contributed by atoms with van der Waals surface area (Å²) in [6.07, 6.45) is -3.50. The van der Waals surface area contributed by atoms with Gasteiger partial charge >= 0.3 is 12.4 Å². The van der Waals surface area contributed by atoms with Gasteiger partial charge in [0.2, 0.25) is 0 Å². The third kappa shape index (κ3) is 5.60. The van der Waals surface area contributed by atoms with Crippen LogP contribution in [0, 0.1) is 6.92 Å². The molecule has 34 heavy (non-hydrogen) atoms. The van der Waals surface area contributed by atoms with Crippen LogP contribution < -0.4 is 20.3 Å². The van der Waals surface area contributed by atoms with Gasteiger partial charge in [-0.1, -0.05) is 12.1 Å². The number of aromatic nitrogens is 1. The summed E-state index contributed by atoms with van der Waals surface area (Å²) < 4.78 is 54.0. The summed E-state index contributed by atoms with van der Waals surface area (Å²) in [4.78, 5) is 17.6. The van der Waals surface area contributed by atoms with Gasteiger partial charge in [-0.3, -0.25) is 4.90 Å². The molecule has 1 saturated heterocycles. The van der Waals surface area contributed by atoms with Gasteiger partial charge in [-0.15, -0.1) is 13.2 Å². The zero-order valence-electron chi connectivity index (χ0n) is 18.5. The number of benzene rings is 2. The lowest BCUT2D eigenvalue weighted by Crippen LogP contribution is -2.27. The zero-order chi connectivity index (χ0) is 24.3. The van der Waals surface area contributed by atoms with E-state index in [0.717, 1.165) is 22.9 Å². The van der Waals surface area contributed by atoms with E-state index in [2.05, 4.69) is 20.4 Å². The fraction of sp³-hybridized carbons (Fsp3) is 0.304. The maximum absolute atomic E-state index is 12.9. The first-order valence-corrected chi connectivity index (χ1v) is 10.6. The number of carbonyl (C=O) groups excluding carboxylic acids is 1. The van der Waals surface area contributed by atoms with Gasteiger partial charge in [0, 0.05) is 42.7 Å². The number of nitrogens with zero attached hydrogens (tertiary/aromatic N) is 2. The molecule has 0 aliphatic carbocycles. The number of oxazole rings is 1. The molecule has 4 rings (SSSR count). The average Bonchev–Trinajstić information content (AvgIpc) is 3.42. The standard InChI is InChI=1S/C23H23F3N4O4/c1-3-32-13-15-5-4-14(2)19(8-15)29-21-28-12-20(33-21)16-9-17(30-7-6-27-22(30)31)11-18(10-16)34-23(24,25)26/h4-5,8-12H,3,6-7,13H2,1-2H3,(H,27,31)(H,28,29). The topological polar surface area (TPSA) is 88.9 Å². The SMILES string of the molecule is CCOCc1ccc(C)c(Nc2ncc(-c3cc(OC(F)(F)F)cc(N4CCNC4=O)c3)o2)c1. The van der Waals surface area contributed by atoms with Crippen molar-refractivity contribution in [2.45, 2.75) is 26.8 Å². The van der Waals surface area contributed by atoms with Gasteiger partial charge in [-0.05, 0) is 43.2 Å². The Hall–Kier alpha value is -3.73. The van der Waals surface area contributed by atoms with Gasteiger partial charge in [0.15, 0.2) is 5.76 Å². The van der Waals surface area contributed by atoms with E-state index in [0.29, 0.717) is 26.3 Å². The van der Waals surface area contributed by atoms with Crippen LogP contribution in [-0.2, 0) is 11.3 Å². The van der Waals surface area contributed by atoms with Crippen molar-refractivity contribution in [3.63, 3.8) is 0 Å². The molecule has 2 amide bonds. The van der Waals surface area contributed by atoms with Crippen LogP contribution in [0.4, 0.5) is 35.4 Å². The van der Waals surface area contributed by atoms with Gasteiger partial charge in [-0.2, -0.15) is 0 Å². The molecule has 2 heterocycles. The smallest absolute Gasteiger partial charge is 0.423 e. The van der Waals surface area contributed by atoms with Crippen LogP contribution >= 0.6 is 0 Å². The van der Waals surface area contributed by atoms with Crippen molar-refractivity contribution in [3.05, 3.63) is 53.7 Å². The second-order valence-electron chi connectivity index (χ2n) is 7.59. The summed E-state index contributed by atoms with van der Waals surface area (Å²) in [7, 11) is 0. The highest BCUT2D eigenvalue weighted by Gasteiger charge is 2.32. The predicted molar refractivity (Wildman–Crippen MR) is 119 cm³/mol. The molecule has 180 valence electrons. The number of carbonyl (C=O) groups is 1. The third-order valence-corrected chi connectivity index (χ3v) is 5.10. The second-order valence-corrected chi connectivity index (χ2v) is 7.59. The summed E-state index contributed by atoms with van der Waals surface area (Å²) >= 11 is 0. The minimum Gasteiger partial charge on any atom is -0.423 e. The zero-order valence-corrected chi connectivity index (χ0v) is 18.5. The number of amides is 2. The lowest BCUT2D eigenvalue weighted by atomic mass is 10.1. The first-order valence-electron chi connectivity index (χ1n) is 10.6. The molecule has 2 aromatic carbocycles. The Kier molecular flexibility index (Phi) is 6.64. The van der Waals surface area contributed by atoms with Crippen molar-refractivity contribution in [1.82, 2.24) is 10.3 Å². The predicted octanol–water partition coefficient (Wildman–Crippen LogP) is 5.36. The molecule has 1 fully saturated rings. The minimum absolute atomic E-state index is 0.161. The van der Waals surface area contributed by atoms with E-state index in [1.54, 1.807) is 6.07 Å². The number of alkyl halides is 3. The molecule has 0 spiro atoms. The van der Waals surface area contributed by atoms with Crippen molar-refractivity contribution in [3.8, 4) is 17.1 Å². The number of anilines is 3. The van der Waals surface area contributed by atoms with Crippen LogP contribution in [-0.4, -0.2) is 37.1 Å². The fourth-order valence-corrected chi connectivity index (χ4v) is 3.49. The van der Waals surface area contributed by atoms with E-state index >= 15 is 0 Å². The van der Waals surface area contributed by atoms with Crippen LogP contribution in [0.1, 0.15) is 18.1 Å². The highest BCUT2D eigenvalue weighted by Crippen LogP contribution is 2.35. The number of halogens is 3. The molecule has 1 aliphatic rings. The summed E-state index contributed by atoms with van der Waals surface area (Å²) in [5, 5.41) is 5.71. The maximum atomic E-state index is 12.9. The molecule has 0 saturated carbocycles. The third-order valence-electron chi connectivity index (χ3n) is 5.10. The molecule has 2 N–H and O–H groups in total. The number of urea groups is 1. The maximum Gasteiger partial charge on any atom is 0.573 e. The largest absolute Gasteiger partial charge is 0.573 e. The van der Waals surface area contributed by atoms with Gasteiger partial charge in [-0.25, -0.2) is 9.78 Å². The summed E-state index contributed by atoms with van der Waals surface area (Å²) in [5.41, 5.74) is 3.19. The number of hydrogen-bond acceptors (Lipinski definition) is 6. The summed E-state index contributed by atoms with van der Waals surface area (Å²) in [6, 6.07) is 9.45. The highest BCUT2D eigenvalue weighted by atomic mass is 19.4. The highest BCUT2D eigenvalue weighted by molar-refractivity contribution is 5.95. The van der Waals surface area contributed by atoms with Crippen LogP contribution in [0.2, 0.25) is 0 Å². The summed E-state index contributed by atoms with van der Waals surface area (Å²) in [5.74, 6) is -0.260. The van der Waals surface area contributed by atoms with Crippen LogP contribution in [0.15, 0.2) is 47.0 Å². The molecule has 0 unspecified atom stereocenters. The number of rotatable bonds is 8. The molecule has 1 aliphatic heterocycles. The molecule has 0 bridgehead atoms. The van der Waals surface area contributed by atoms with E-state index in [9.17, 15) is 18.0 Å². The molecule has 11 heteroatoms. The van der Waals surface area contributed by atoms with E-state index in [1.165, 1.54) is 17.2 Å². The number of ether oxygens (including phenoxy) is 2. The Bertz CT molecular complexity index is 1180. The van der Waals surface area contributed by atoms with Gasteiger partial charge < -0.3 is 24.5 Å². The van der Waals surface area contributed by atoms with Gasteiger partial charge in [0.05, 0.1) is 12.8 Å². The van der Waals surface area contributed by atoms with E-state index in [-0.39, 0.29) is 23.0 Å². The first kappa shape index (κ1) is 23.4. The molecule has 1 aromatic heterocycles. The van der Waals surface area contributed by atoms with E-state index in [4.69, 9.17) is 9.15 Å². The number of nitrogens with one attached hydrogen (secondary N) is 2. The Morgan fingerprint density at radius 2 is 2.06 bits per heavy atom. The Balaban J connectivity index is 1.62. The van der Waals surface area contributed by atoms with Gasteiger partial charge in [0.25, 0.3) is 6.01 Å². The molecule has 0 atom stereocenters. The average molecular weight is 476 g/mol. The van der Waals surface area contributed by atoms with Crippen molar-refractivity contribution >= 4 is 23.4 Å². The Morgan fingerprint density at radius 3 is 2.76 bits per heavy atom. The lowest BCUT2D eigenvalue weighted by Gasteiger charge is -2.17. The molecule has 0 radical (unpaired) electrons. The van der Waals surface area contributed by atoms with E-state index < -0.39 is 18.1 Å². The van der Waals surface area contributed by atoms with Crippen molar-refractivity contribution in [1.29, 1.82) is 0 Å². The summed E-state index contributed by atoms with van der Waals surface area (Å²) in [6.45, 7) is 5.59. The van der Waals surface area contributed by atoms with Crippen LogP contribution in [0.25, 0.3) is 11.3 Å². The molecular formula is C23H23F3N4O4. The van der Waals surface area contributed by atoms with Gasteiger partial charge in [0.1, 0.15) is 5.75 Å².